The van der Waals surface area contributed by atoms with Crippen LogP contribution in [0.1, 0.15) is 11.1 Å². The summed E-state index contributed by atoms with van der Waals surface area (Å²) in [6, 6.07) is 25.8. The summed E-state index contributed by atoms with van der Waals surface area (Å²) < 4.78 is 0. The second-order valence-corrected chi connectivity index (χ2v) is 6.08. The molecule has 0 aromatic heterocycles. The van der Waals surface area contributed by atoms with Crippen LogP contribution in [0.3, 0.4) is 0 Å². The van der Waals surface area contributed by atoms with Crippen molar-refractivity contribution in [1.82, 2.24) is 0 Å². The van der Waals surface area contributed by atoms with Crippen LogP contribution in [0.5, 0.6) is 0 Å². The molecule has 0 atom stereocenters. The minimum Gasteiger partial charge on any atom is -0.354 e. The molecule has 0 saturated carbocycles. The highest BCUT2D eigenvalue weighted by atomic mass is 14.9. The predicted molar refractivity (Wildman–Crippen MR) is 101 cm³/mol. The molecule has 0 saturated heterocycles. The molecule has 0 aliphatic carbocycles. The molecule has 23 heavy (non-hydrogen) atoms. The van der Waals surface area contributed by atoms with Crippen LogP contribution in [0, 0.1) is 13.8 Å². The van der Waals surface area contributed by atoms with Crippen LogP contribution in [0.4, 0.5) is 11.4 Å². The van der Waals surface area contributed by atoms with E-state index in [9.17, 15) is 0 Å². The highest BCUT2D eigenvalue weighted by Crippen LogP contribution is 2.34. The molecule has 1 N–H and O–H groups in total. The molecule has 0 spiro atoms. The number of fused-ring (bicyclic) bond motifs is 2. The summed E-state index contributed by atoms with van der Waals surface area (Å²) in [6.45, 7) is 4.32. The molecule has 1 heteroatoms. The van der Waals surface area contributed by atoms with Crippen molar-refractivity contribution < 1.29 is 0 Å². The average Bonchev–Trinajstić information content (AvgIpc) is 2.59. The van der Waals surface area contributed by atoms with Crippen LogP contribution >= 0.6 is 0 Å². The lowest BCUT2D eigenvalue weighted by Crippen LogP contribution is -1.97. The lowest BCUT2D eigenvalue weighted by atomic mass is 10.0. The third kappa shape index (κ3) is 2.35. The van der Waals surface area contributed by atoms with Crippen molar-refractivity contribution in [3.63, 3.8) is 0 Å². The van der Waals surface area contributed by atoms with Gasteiger partial charge in [0.1, 0.15) is 0 Å². The van der Waals surface area contributed by atoms with E-state index in [0.29, 0.717) is 0 Å². The molecule has 1 nitrogen and oxygen atoms in total. The summed E-state index contributed by atoms with van der Waals surface area (Å²) in [7, 11) is 0. The first kappa shape index (κ1) is 13.8. The molecule has 0 radical (unpaired) electrons. The molecule has 112 valence electrons. The van der Waals surface area contributed by atoms with Gasteiger partial charge in [0.05, 0.1) is 0 Å². The molecule has 4 aromatic rings. The molecule has 0 heterocycles. The maximum Gasteiger partial charge on any atom is 0.0493 e. The highest BCUT2D eigenvalue weighted by Gasteiger charge is 2.09. The summed E-state index contributed by atoms with van der Waals surface area (Å²) in [5, 5.41) is 8.78. The third-order valence-electron chi connectivity index (χ3n) is 4.52. The van der Waals surface area contributed by atoms with Crippen molar-refractivity contribution in [2.45, 2.75) is 13.8 Å². The van der Waals surface area contributed by atoms with Gasteiger partial charge in [0.2, 0.25) is 0 Å². The molecule has 4 rings (SSSR count). The monoisotopic (exact) mass is 297 g/mol. The zero-order valence-electron chi connectivity index (χ0n) is 13.4. The van der Waals surface area contributed by atoms with Gasteiger partial charge in [-0.05, 0) is 35.7 Å². The molecule has 0 aliphatic heterocycles. The minimum atomic E-state index is 1.20. The van der Waals surface area contributed by atoms with Gasteiger partial charge in [-0.3, -0.25) is 0 Å². The smallest absolute Gasteiger partial charge is 0.0493 e. The Bertz CT molecular complexity index is 931. The Morgan fingerprint density at radius 1 is 0.522 bits per heavy atom. The lowest BCUT2D eigenvalue weighted by Gasteiger charge is -2.17. The van der Waals surface area contributed by atoms with Gasteiger partial charge in [-0.25, -0.2) is 0 Å². The summed E-state index contributed by atoms with van der Waals surface area (Å²) in [5.41, 5.74) is 4.91. The SMILES string of the molecule is Cc1ccc2ccccc2c1Nc1c(C)ccc2ccccc12. The van der Waals surface area contributed by atoms with E-state index in [1.54, 1.807) is 0 Å². The summed E-state index contributed by atoms with van der Waals surface area (Å²) >= 11 is 0. The first-order chi connectivity index (χ1) is 11.2. The van der Waals surface area contributed by atoms with Crippen LogP contribution in [0.15, 0.2) is 72.8 Å². The van der Waals surface area contributed by atoms with E-state index in [0.717, 1.165) is 0 Å². The lowest BCUT2D eigenvalue weighted by molar-refractivity contribution is 1.43. The fraction of sp³-hybridized carbons (Fsp3) is 0.0909. The second-order valence-electron chi connectivity index (χ2n) is 6.08. The zero-order chi connectivity index (χ0) is 15.8. The van der Waals surface area contributed by atoms with Gasteiger partial charge < -0.3 is 5.32 Å². The highest BCUT2D eigenvalue weighted by molar-refractivity contribution is 6.02. The van der Waals surface area contributed by atoms with E-state index in [1.165, 1.54) is 44.0 Å². The maximum atomic E-state index is 3.73. The fourth-order valence-corrected chi connectivity index (χ4v) is 3.22. The Labute approximate surface area is 136 Å². The maximum absolute atomic E-state index is 3.73. The molecular formula is C22H19N. The van der Waals surface area contributed by atoms with Crippen molar-refractivity contribution in [2.75, 3.05) is 5.32 Å². The summed E-state index contributed by atoms with van der Waals surface area (Å²) in [4.78, 5) is 0. The van der Waals surface area contributed by atoms with Gasteiger partial charge >= 0.3 is 0 Å². The Hall–Kier alpha value is -2.80. The van der Waals surface area contributed by atoms with Crippen molar-refractivity contribution in [3.8, 4) is 0 Å². The molecule has 0 fully saturated rings. The van der Waals surface area contributed by atoms with E-state index in [-0.39, 0.29) is 0 Å². The molecule has 0 unspecified atom stereocenters. The number of hydrogen-bond acceptors (Lipinski definition) is 1. The van der Waals surface area contributed by atoms with Gasteiger partial charge in [-0.15, -0.1) is 0 Å². The van der Waals surface area contributed by atoms with E-state index in [1.807, 2.05) is 0 Å². The number of nitrogens with one attached hydrogen (secondary N) is 1. The van der Waals surface area contributed by atoms with Crippen LogP contribution < -0.4 is 5.32 Å². The molecular weight excluding hydrogens is 278 g/mol. The zero-order valence-corrected chi connectivity index (χ0v) is 13.4. The van der Waals surface area contributed by atoms with Crippen molar-refractivity contribution in [3.05, 3.63) is 83.9 Å². The normalized spacial score (nSPS) is 11.0. The van der Waals surface area contributed by atoms with Crippen molar-refractivity contribution in [1.29, 1.82) is 0 Å². The molecule has 0 aliphatic rings. The Morgan fingerprint density at radius 3 is 1.43 bits per heavy atom. The topological polar surface area (TPSA) is 12.0 Å². The molecule has 4 aromatic carbocycles. The Balaban J connectivity index is 1.95. The van der Waals surface area contributed by atoms with Crippen LogP contribution in [0.25, 0.3) is 21.5 Å². The van der Waals surface area contributed by atoms with E-state index in [2.05, 4.69) is 92.0 Å². The van der Waals surface area contributed by atoms with E-state index in [4.69, 9.17) is 0 Å². The van der Waals surface area contributed by atoms with Crippen LogP contribution in [0.2, 0.25) is 0 Å². The van der Waals surface area contributed by atoms with Gasteiger partial charge in [0.15, 0.2) is 0 Å². The number of hydrogen-bond donors (Lipinski definition) is 1. The third-order valence-corrected chi connectivity index (χ3v) is 4.52. The summed E-state index contributed by atoms with van der Waals surface area (Å²) in [5.74, 6) is 0. The van der Waals surface area contributed by atoms with Gasteiger partial charge in [0, 0.05) is 22.1 Å². The minimum absolute atomic E-state index is 1.20. The van der Waals surface area contributed by atoms with E-state index >= 15 is 0 Å². The molecule has 0 bridgehead atoms. The average molecular weight is 297 g/mol. The summed E-state index contributed by atoms with van der Waals surface area (Å²) in [6.07, 6.45) is 0. The number of benzene rings is 4. The number of anilines is 2. The standard InChI is InChI=1S/C22H19N/c1-15-11-13-17-7-3-5-9-19(17)21(15)23-22-16(2)12-14-18-8-4-6-10-20(18)22/h3-14,23H,1-2H3. The van der Waals surface area contributed by atoms with Crippen LogP contribution in [-0.2, 0) is 0 Å². The quantitative estimate of drug-likeness (QED) is 0.454. The molecule has 0 amide bonds. The van der Waals surface area contributed by atoms with Crippen molar-refractivity contribution >= 4 is 32.9 Å². The van der Waals surface area contributed by atoms with Crippen LogP contribution in [-0.4, -0.2) is 0 Å². The van der Waals surface area contributed by atoms with E-state index < -0.39 is 0 Å². The van der Waals surface area contributed by atoms with Gasteiger partial charge in [-0.1, -0.05) is 72.8 Å². The number of rotatable bonds is 2. The number of aryl methyl sites for hydroxylation is 2. The second kappa shape index (κ2) is 5.44. The Morgan fingerprint density at radius 2 is 0.957 bits per heavy atom. The van der Waals surface area contributed by atoms with Gasteiger partial charge in [0.25, 0.3) is 0 Å². The fourth-order valence-electron chi connectivity index (χ4n) is 3.22. The van der Waals surface area contributed by atoms with Gasteiger partial charge in [-0.2, -0.15) is 0 Å². The first-order valence-electron chi connectivity index (χ1n) is 7.98. The first-order valence-corrected chi connectivity index (χ1v) is 7.98. The largest absolute Gasteiger partial charge is 0.354 e. The van der Waals surface area contributed by atoms with Crippen molar-refractivity contribution in [2.24, 2.45) is 0 Å². The Kier molecular flexibility index (Phi) is 3.27. The predicted octanol–water partition coefficient (Wildman–Crippen LogP) is 6.35.